The fraction of sp³-hybridized carbons (Fsp3) is 0.250. The van der Waals surface area contributed by atoms with E-state index < -0.39 is 17.2 Å². The summed E-state index contributed by atoms with van der Waals surface area (Å²) in [6.45, 7) is 6.03. The highest BCUT2D eigenvalue weighted by molar-refractivity contribution is 8.00. The number of amides is 3. The summed E-state index contributed by atoms with van der Waals surface area (Å²) in [5, 5.41) is 16.7. The number of rotatable bonds is 6. The van der Waals surface area contributed by atoms with Gasteiger partial charge in [0.15, 0.2) is 0 Å². The van der Waals surface area contributed by atoms with E-state index in [2.05, 4.69) is 26.2 Å². The van der Waals surface area contributed by atoms with E-state index in [0.717, 1.165) is 22.4 Å². The van der Waals surface area contributed by atoms with Crippen molar-refractivity contribution in [1.29, 1.82) is 0 Å². The fourth-order valence-electron chi connectivity index (χ4n) is 2.69. The van der Waals surface area contributed by atoms with Gasteiger partial charge in [-0.25, -0.2) is 4.79 Å². The van der Waals surface area contributed by atoms with E-state index in [9.17, 15) is 9.59 Å². The van der Waals surface area contributed by atoms with Crippen LogP contribution in [0.4, 0.5) is 4.79 Å². The Kier molecular flexibility index (Phi) is 6.61. The number of thioether (sulfide) groups is 1. The van der Waals surface area contributed by atoms with Crippen molar-refractivity contribution in [2.24, 2.45) is 0 Å². The summed E-state index contributed by atoms with van der Waals surface area (Å²) in [5.41, 5.74) is 3.96. The quantitative estimate of drug-likeness (QED) is 0.606. The standard InChI is InChI=1S/C20H22N6O2S/c1-13-9-10-17(14(2)11-13)26-20(23-24-25-26)29-15(3)18(27)22-19(28)21-12-16-7-5-4-6-8-16/h4-11,15H,12H2,1-3H3,(H2,21,22,27,28)/t15-/m1/s1. The number of aryl methyl sites for hydroxylation is 2. The number of aromatic nitrogens is 4. The van der Waals surface area contributed by atoms with Gasteiger partial charge in [-0.15, -0.1) is 5.10 Å². The predicted molar refractivity (Wildman–Crippen MR) is 111 cm³/mol. The lowest BCUT2D eigenvalue weighted by molar-refractivity contribution is -0.119. The molecule has 0 aliphatic heterocycles. The average molecular weight is 411 g/mol. The highest BCUT2D eigenvalue weighted by atomic mass is 32.2. The number of carbonyl (C=O) groups excluding carboxylic acids is 2. The van der Waals surface area contributed by atoms with E-state index in [4.69, 9.17) is 0 Å². The molecule has 0 fully saturated rings. The van der Waals surface area contributed by atoms with Crippen molar-refractivity contribution in [3.8, 4) is 5.69 Å². The number of nitrogens with one attached hydrogen (secondary N) is 2. The second-order valence-corrected chi connectivity index (χ2v) is 7.89. The van der Waals surface area contributed by atoms with Gasteiger partial charge in [0.1, 0.15) is 0 Å². The van der Waals surface area contributed by atoms with E-state index in [1.165, 1.54) is 11.8 Å². The molecule has 2 aromatic carbocycles. The summed E-state index contributed by atoms with van der Waals surface area (Å²) >= 11 is 1.18. The van der Waals surface area contributed by atoms with Crippen molar-refractivity contribution < 1.29 is 9.59 Å². The van der Waals surface area contributed by atoms with Crippen molar-refractivity contribution in [3.63, 3.8) is 0 Å². The van der Waals surface area contributed by atoms with Crippen LogP contribution in [0.3, 0.4) is 0 Å². The Hall–Kier alpha value is -3.20. The molecule has 0 aliphatic rings. The Morgan fingerprint density at radius 2 is 1.90 bits per heavy atom. The Bertz CT molecular complexity index is 1010. The smallest absolute Gasteiger partial charge is 0.321 e. The van der Waals surface area contributed by atoms with Crippen LogP contribution in [0.1, 0.15) is 23.6 Å². The molecule has 3 rings (SSSR count). The van der Waals surface area contributed by atoms with Crippen LogP contribution < -0.4 is 10.6 Å². The predicted octanol–water partition coefficient (Wildman–Crippen LogP) is 2.79. The molecule has 1 heterocycles. The van der Waals surface area contributed by atoms with Crippen LogP contribution in [0.25, 0.3) is 5.69 Å². The molecule has 0 unspecified atom stereocenters. The zero-order valence-electron chi connectivity index (χ0n) is 16.4. The van der Waals surface area contributed by atoms with E-state index in [1.54, 1.807) is 11.6 Å². The van der Waals surface area contributed by atoms with E-state index in [-0.39, 0.29) is 0 Å². The first-order valence-corrected chi connectivity index (χ1v) is 9.97. The van der Waals surface area contributed by atoms with Crippen molar-refractivity contribution in [2.45, 2.75) is 37.7 Å². The lowest BCUT2D eigenvalue weighted by Gasteiger charge is -2.12. The Morgan fingerprint density at radius 3 is 2.62 bits per heavy atom. The molecule has 0 bridgehead atoms. The van der Waals surface area contributed by atoms with Crippen molar-refractivity contribution in [1.82, 2.24) is 30.8 Å². The normalized spacial score (nSPS) is 11.7. The number of hydrogen-bond acceptors (Lipinski definition) is 6. The van der Waals surface area contributed by atoms with Crippen molar-refractivity contribution in [3.05, 3.63) is 65.2 Å². The van der Waals surface area contributed by atoms with Crippen LogP contribution >= 0.6 is 11.8 Å². The van der Waals surface area contributed by atoms with Gasteiger partial charge >= 0.3 is 6.03 Å². The summed E-state index contributed by atoms with van der Waals surface area (Å²) < 4.78 is 1.60. The molecule has 2 N–H and O–H groups in total. The third-order valence-electron chi connectivity index (χ3n) is 4.21. The molecule has 0 saturated heterocycles. The number of benzene rings is 2. The average Bonchev–Trinajstić information content (AvgIpc) is 3.15. The van der Waals surface area contributed by atoms with Gasteiger partial charge in [0.25, 0.3) is 0 Å². The van der Waals surface area contributed by atoms with E-state index >= 15 is 0 Å². The maximum Gasteiger partial charge on any atom is 0.321 e. The molecule has 0 radical (unpaired) electrons. The van der Waals surface area contributed by atoms with Gasteiger partial charge in [-0.05, 0) is 48.4 Å². The summed E-state index contributed by atoms with van der Waals surface area (Å²) in [5.74, 6) is -0.421. The van der Waals surface area contributed by atoms with Gasteiger partial charge in [0.2, 0.25) is 11.1 Å². The molecule has 9 heteroatoms. The zero-order chi connectivity index (χ0) is 20.8. The summed E-state index contributed by atoms with van der Waals surface area (Å²) in [6, 6.07) is 14.9. The SMILES string of the molecule is Cc1ccc(-n2nnnc2S[C@H](C)C(=O)NC(=O)NCc2ccccc2)c(C)c1. The molecule has 3 amide bonds. The van der Waals surface area contributed by atoms with Crippen LogP contribution in [-0.4, -0.2) is 37.4 Å². The molecule has 29 heavy (non-hydrogen) atoms. The fourth-order valence-corrected chi connectivity index (χ4v) is 3.49. The molecule has 1 atom stereocenters. The Balaban J connectivity index is 1.59. The number of tetrazole rings is 1. The van der Waals surface area contributed by atoms with Crippen LogP contribution in [0, 0.1) is 13.8 Å². The number of urea groups is 1. The first kappa shape index (κ1) is 20.5. The highest BCUT2D eigenvalue weighted by Gasteiger charge is 2.21. The second-order valence-electron chi connectivity index (χ2n) is 6.58. The molecule has 1 aromatic heterocycles. The minimum atomic E-state index is -0.562. The third kappa shape index (κ3) is 5.41. The van der Waals surface area contributed by atoms with Gasteiger partial charge in [-0.3, -0.25) is 10.1 Å². The molecular weight excluding hydrogens is 388 g/mol. The molecule has 150 valence electrons. The van der Waals surface area contributed by atoms with Gasteiger partial charge in [0, 0.05) is 6.54 Å². The number of imide groups is 1. The molecule has 0 spiro atoms. The molecule has 0 saturated carbocycles. The lowest BCUT2D eigenvalue weighted by Crippen LogP contribution is -2.42. The molecule has 8 nitrogen and oxygen atoms in total. The third-order valence-corrected chi connectivity index (χ3v) is 5.24. The molecular formula is C20H22N6O2S. The first-order valence-electron chi connectivity index (χ1n) is 9.09. The minimum Gasteiger partial charge on any atom is -0.334 e. The molecule has 0 aliphatic carbocycles. The number of nitrogens with zero attached hydrogens (tertiary/aromatic N) is 4. The minimum absolute atomic E-state index is 0.340. The lowest BCUT2D eigenvalue weighted by atomic mass is 10.1. The first-order chi connectivity index (χ1) is 13.9. The van der Waals surface area contributed by atoms with Gasteiger partial charge < -0.3 is 5.32 Å². The summed E-state index contributed by atoms with van der Waals surface area (Å²) in [4.78, 5) is 24.4. The van der Waals surface area contributed by atoms with Crippen LogP contribution in [0.2, 0.25) is 0 Å². The van der Waals surface area contributed by atoms with E-state index in [1.807, 2.05) is 62.4 Å². The van der Waals surface area contributed by atoms with Crippen LogP contribution in [0.15, 0.2) is 53.7 Å². The zero-order valence-corrected chi connectivity index (χ0v) is 17.2. The summed E-state index contributed by atoms with van der Waals surface area (Å²) in [7, 11) is 0. The maximum atomic E-state index is 12.4. The maximum absolute atomic E-state index is 12.4. The van der Waals surface area contributed by atoms with Gasteiger partial charge in [0.05, 0.1) is 10.9 Å². The van der Waals surface area contributed by atoms with Crippen LogP contribution in [-0.2, 0) is 11.3 Å². The van der Waals surface area contributed by atoms with Crippen LogP contribution in [0.5, 0.6) is 0 Å². The largest absolute Gasteiger partial charge is 0.334 e. The second kappa shape index (κ2) is 9.33. The van der Waals surface area contributed by atoms with Gasteiger partial charge in [-0.2, -0.15) is 4.68 Å². The molecule has 3 aromatic rings. The number of hydrogen-bond donors (Lipinski definition) is 2. The monoisotopic (exact) mass is 410 g/mol. The number of carbonyl (C=O) groups is 2. The Morgan fingerprint density at radius 1 is 1.14 bits per heavy atom. The summed E-state index contributed by atoms with van der Waals surface area (Å²) in [6.07, 6.45) is 0. The van der Waals surface area contributed by atoms with Crippen molar-refractivity contribution in [2.75, 3.05) is 0 Å². The topological polar surface area (TPSA) is 102 Å². The van der Waals surface area contributed by atoms with Crippen molar-refractivity contribution >= 4 is 23.7 Å². The Labute approximate surface area is 173 Å². The van der Waals surface area contributed by atoms with E-state index in [0.29, 0.717) is 11.7 Å². The van der Waals surface area contributed by atoms with Gasteiger partial charge in [-0.1, -0.05) is 59.8 Å². The highest BCUT2D eigenvalue weighted by Crippen LogP contribution is 2.24.